The number of piperidine rings is 1. The Morgan fingerprint density at radius 3 is 3.11 bits per heavy atom. The highest BCUT2D eigenvalue weighted by Gasteiger charge is 2.27. The van der Waals surface area contributed by atoms with E-state index < -0.39 is 0 Å². The summed E-state index contributed by atoms with van der Waals surface area (Å²) in [5.74, 6) is 0.161. The molecule has 4 nitrogen and oxygen atoms in total. The van der Waals surface area contributed by atoms with Crippen LogP contribution < -0.4 is 10.6 Å². The van der Waals surface area contributed by atoms with Crippen LogP contribution in [0.4, 0.5) is 5.69 Å². The lowest BCUT2D eigenvalue weighted by Crippen LogP contribution is -2.44. The first-order valence-corrected chi connectivity index (χ1v) is 6.83. The number of benzene rings is 1. The van der Waals surface area contributed by atoms with Crippen molar-refractivity contribution in [2.75, 3.05) is 19.0 Å². The molecule has 1 aliphatic rings. The Bertz CT molecular complexity index is 434. The van der Waals surface area contributed by atoms with Crippen molar-refractivity contribution in [2.45, 2.75) is 32.4 Å². The van der Waals surface area contributed by atoms with E-state index in [2.05, 4.69) is 17.6 Å². The van der Waals surface area contributed by atoms with Gasteiger partial charge in [-0.2, -0.15) is 0 Å². The van der Waals surface area contributed by atoms with Gasteiger partial charge in [-0.1, -0.05) is 12.1 Å². The zero-order valence-corrected chi connectivity index (χ0v) is 11.6. The highest BCUT2D eigenvalue weighted by Crippen LogP contribution is 2.19. The number of amides is 1. The van der Waals surface area contributed by atoms with Gasteiger partial charge in [0.15, 0.2) is 0 Å². The predicted octanol–water partition coefficient (Wildman–Crippen LogP) is 2.16. The fourth-order valence-corrected chi connectivity index (χ4v) is 2.54. The molecule has 1 saturated heterocycles. The summed E-state index contributed by atoms with van der Waals surface area (Å²) in [5.41, 5.74) is 1.91. The molecule has 0 spiro atoms. The molecule has 4 heteroatoms. The van der Waals surface area contributed by atoms with Crippen molar-refractivity contribution in [2.24, 2.45) is 5.92 Å². The molecule has 2 rings (SSSR count). The highest BCUT2D eigenvalue weighted by atomic mass is 16.5. The maximum Gasteiger partial charge on any atom is 0.229 e. The van der Waals surface area contributed by atoms with Gasteiger partial charge in [-0.3, -0.25) is 4.79 Å². The number of ether oxygens (including phenoxy) is 1. The minimum atomic E-state index is 0.0554. The van der Waals surface area contributed by atoms with Gasteiger partial charge < -0.3 is 15.4 Å². The molecular weight excluding hydrogens is 240 g/mol. The van der Waals surface area contributed by atoms with E-state index >= 15 is 0 Å². The second kappa shape index (κ2) is 6.68. The fourth-order valence-electron chi connectivity index (χ4n) is 2.54. The van der Waals surface area contributed by atoms with Gasteiger partial charge in [-0.25, -0.2) is 0 Å². The molecule has 0 saturated carbocycles. The zero-order valence-electron chi connectivity index (χ0n) is 11.6. The molecule has 0 bridgehead atoms. The van der Waals surface area contributed by atoms with E-state index in [1.54, 1.807) is 7.11 Å². The molecule has 2 unspecified atom stereocenters. The normalized spacial score (nSPS) is 23.1. The summed E-state index contributed by atoms with van der Waals surface area (Å²) in [6, 6.07) is 8.05. The summed E-state index contributed by atoms with van der Waals surface area (Å²) >= 11 is 0. The number of carbonyl (C=O) groups excluding carboxylic acids is 1. The van der Waals surface area contributed by atoms with Crippen molar-refractivity contribution >= 4 is 11.6 Å². The van der Waals surface area contributed by atoms with E-state index in [0.29, 0.717) is 6.61 Å². The Morgan fingerprint density at radius 1 is 1.53 bits per heavy atom. The van der Waals surface area contributed by atoms with Crippen LogP contribution >= 0.6 is 0 Å². The number of anilines is 1. The van der Waals surface area contributed by atoms with Gasteiger partial charge in [0.1, 0.15) is 0 Å². The van der Waals surface area contributed by atoms with E-state index in [-0.39, 0.29) is 17.9 Å². The average molecular weight is 262 g/mol. The minimum absolute atomic E-state index is 0.0554. The second-order valence-corrected chi connectivity index (χ2v) is 5.11. The molecule has 104 valence electrons. The zero-order chi connectivity index (χ0) is 13.7. The summed E-state index contributed by atoms with van der Waals surface area (Å²) in [7, 11) is 1.67. The molecule has 19 heavy (non-hydrogen) atoms. The van der Waals surface area contributed by atoms with Crippen LogP contribution in [0, 0.1) is 5.92 Å². The number of carbonyl (C=O) groups is 1. The lowest BCUT2D eigenvalue weighted by molar-refractivity contribution is -0.121. The smallest absolute Gasteiger partial charge is 0.229 e. The van der Waals surface area contributed by atoms with Crippen LogP contribution in [0.5, 0.6) is 0 Å². The fraction of sp³-hybridized carbons (Fsp3) is 0.533. The van der Waals surface area contributed by atoms with Crippen molar-refractivity contribution in [1.82, 2.24) is 5.32 Å². The Hall–Kier alpha value is -1.39. The monoisotopic (exact) mass is 262 g/mol. The van der Waals surface area contributed by atoms with Crippen molar-refractivity contribution < 1.29 is 9.53 Å². The Kier molecular flexibility index (Phi) is 4.93. The molecule has 0 aliphatic carbocycles. The van der Waals surface area contributed by atoms with Crippen LogP contribution in [-0.4, -0.2) is 25.6 Å². The van der Waals surface area contributed by atoms with Crippen LogP contribution in [0.25, 0.3) is 0 Å². The summed E-state index contributed by atoms with van der Waals surface area (Å²) in [6.07, 6.45) is 2.02. The third-order valence-corrected chi connectivity index (χ3v) is 3.60. The molecule has 2 atom stereocenters. The minimum Gasteiger partial charge on any atom is -0.380 e. The summed E-state index contributed by atoms with van der Waals surface area (Å²) in [5, 5.41) is 6.36. The molecule has 1 heterocycles. The third-order valence-electron chi connectivity index (χ3n) is 3.60. The summed E-state index contributed by atoms with van der Waals surface area (Å²) in [4.78, 5) is 12.3. The van der Waals surface area contributed by atoms with Gasteiger partial charge in [0.05, 0.1) is 12.5 Å². The van der Waals surface area contributed by atoms with Crippen molar-refractivity contribution in [3.8, 4) is 0 Å². The van der Waals surface area contributed by atoms with Crippen molar-refractivity contribution in [3.05, 3.63) is 29.8 Å². The van der Waals surface area contributed by atoms with Gasteiger partial charge >= 0.3 is 0 Å². The van der Waals surface area contributed by atoms with Gasteiger partial charge in [-0.05, 0) is 44.0 Å². The Labute approximate surface area is 114 Å². The van der Waals surface area contributed by atoms with E-state index in [1.165, 1.54) is 0 Å². The predicted molar refractivity (Wildman–Crippen MR) is 76.0 cm³/mol. The van der Waals surface area contributed by atoms with E-state index in [4.69, 9.17) is 4.74 Å². The van der Waals surface area contributed by atoms with Gasteiger partial charge in [0.25, 0.3) is 0 Å². The number of rotatable bonds is 4. The average Bonchev–Trinajstić information content (AvgIpc) is 2.40. The molecular formula is C15H22N2O2. The molecule has 0 aromatic heterocycles. The first kappa shape index (κ1) is 14.0. The molecule has 1 fully saturated rings. The quantitative estimate of drug-likeness (QED) is 0.874. The van der Waals surface area contributed by atoms with Crippen LogP contribution in [0.2, 0.25) is 0 Å². The summed E-state index contributed by atoms with van der Waals surface area (Å²) < 4.78 is 5.10. The highest BCUT2D eigenvalue weighted by molar-refractivity contribution is 5.93. The third kappa shape index (κ3) is 3.78. The van der Waals surface area contributed by atoms with Crippen molar-refractivity contribution in [1.29, 1.82) is 0 Å². The molecule has 0 radical (unpaired) electrons. The van der Waals surface area contributed by atoms with E-state index in [1.807, 2.05) is 24.3 Å². The van der Waals surface area contributed by atoms with E-state index in [0.717, 1.165) is 30.6 Å². The lowest BCUT2D eigenvalue weighted by Gasteiger charge is -2.28. The van der Waals surface area contributed by atoms with Crippen LogP contribution in [0.1, 0.15) is 25.3 Å². The van der Waals surface area contributed by atoms with Gasteiger partial charge in [0.2, 0.25) is 5.91 Å². The number of hydrogen-bond donors (Lipinski definition) is 2. The second-order valence-electron chi connectivity index (χ2n) is 5.11. The molecule has 1 aromatic rings. The first-order chi connectivity index (χ1) is 9.20. The first-order valence-electron chi connectivity index (χ1n) is 6.83. The van der Waals surface area contributed by atoms with Crippen LogP contribution in [-0.2, 0) is 16.1 Å². The number of methoxy groups -OCH3 is 1. The Balaban J connectivity index is 1.99. The number of nitrogens with one attached hydrogen (secondary N) is 2. The van der Waals surface area contributed by atoms with Crippen molar-refractivity contribution in [3.63, 3.8) is 0 Å². The van der Waals surface area contributed by atoms with Crippen LogP contribution in [0.3, 0.4) is 0 Å². The molecule has 2 N–H and O–H groups in total. The lowest BCUT2D eigenvalue weighted by atomic mass is 9.91. The molecule has 1 aliphatic heterocycles. The van der Waals surface area contributed by atoms with E-state index in [9.17, 15) is 4.79 Å². The SMILES string of the molecule is COCc1cccc(NC(=O)C2CCCNC2C)c1. The maximum absolute atomic E-state index is 12.3. The van der Waals surface area contributed by atoms with Crippen LogP contribution in [0.15, 0.2) is 24.3 Å². The van der Waals surface area contributed by atoms with Gasteiger partial charge in [-0.15, -0.1) is 0 Å². The maximum atomic E-state index is 12.3. The number of hydrogen-bond acceptors (Lipinski definition) is 3. The Morgan fingerprint density at radius 2 is 2.37 bits per heavy atom. The molecule has 1 aromatic carbocycles. The largest absolute Gasteiger partial charge is 0.380 e. The van der Waals surface area contributed by atoms with Gasteiger partial charge in [0, 0.05) is 18.8 Å². The standard InChI is InChI=1S/C15H22N2O2/c1-11-14(7-4-8-16-11)15(18)17-13-6-3-5-12(9-13)10-19-2/h3,5-6,9,11,14,16H,4,7-8,10H2,1-2H3,(H,17,18). The topological polar surface area (TPSA) is 50.4 Å². The summed E-state index contributed by atoms with van der Waals surface area (Å²) in [6.45, 7) is 3.64. The molecule has 1 amide bonds.